The summed E-state index contributed by atoms with van der Waals surface area (Å²) in [5.41, 5.74) is 1.06. The number of ether oxygens (including phenoxy) is 3. The second-order valence-electron chi connectivity index (χ2n) is 4.02. The summed E-state index contributed by atoms with van der Waals surface area (Å²) in [6.07, 6.45) is 1.43. The third kappa shape index (κ3) is 2.52. The van der Waals surface area contributed by atoms with Gasteiger partial charge in [0.05, 0.1) is 13.0 Å². The Morgan fingerprint density at radius 1 is 1.41 bits per heavy atom. The van der Waals surface area contributed by atoms with Gasteiger partial charge in [-0.3, -0.25) is 4.79 Å². The molecule has 1 atom stereocenters. The van der Waals surface area contributed by atoms with Gasteiger partial charge in [0.2, 0.25) is 6.79 Å². The molecule has 1 aromatic rings. The van der Waals surface area contributed by atoms with E-state index in [-0.39, 0.29) is 18.7 Å². The highest BCUT2D eigenvalue weighted by Crippen LogP contribution is 2.33. The first-order chi connectivity index (χ1) is 8.24. The summed E-state index contributed by atoms with van der Waals surface area (Å²) in [5.74, 6) is 1.26. The molecule has 1 aliphatic heterocycles. The lowest BCUT2D eigenvalue weighted by molar-refractivity contribution is -0.145. The molecule has 17 heavy (non-hydrogen) atoms. The fourth-order valence-electron chi connectivity index (χ4n) is 1.91. The molecule has 0 fully saturated rings. The summed E-state index contributed by atoms with van der Waals surface area (Å²) in [6.45, 7) is 2.25. The van der Waals surface area contributed by atoms with Crippen molar-refractivity contribution < 1.29 is 19.0 Å². The number of hydrogen-bond acceptors (Lipinski definition) is 4. The van der Waals surface area contributed by atoms with E-state index in [4.69, 9.17) is 14.2 Å². The SMILES string of the molecule is CCC(Cc1ccc2c(c1)OCO2)C(=O)OC. The molecule has 0 bridgehead atoms. The van der Waals surface area contributed by atoms with Crippen molar-refractivity contribution in [2.45, 2.75) is 19.8 Å². The predicted octanol–water partition coefficient (Wildman–Crippen LogP) is 2.16. The largest absolute Gasteiger partial charge is 0.469 e. The highest BCUT2D eigenvalue weighted by molar-refractivity contribution is 5.72. The normalized spacial score (nSPS) is 14.5. The van der Waals surface area contributed by atoms with Crippen LogP contribution in [0.25, 0.3) is 0 Å². The average molecular weight is 236 g/mol. The van der Waals surface area contributed by atoms with Gasteiger partial charge in [-0.25, -0.2) is 0 Å². The maximum Gasteiger partial charge on any atom is 0.308 e. The summed E-state index contributed by atoms with van der Waals surface area (Å²) >= 11 is 0. The number of hydrogen-bond donors (Lipinski definition) is 0. The van der Waals surface area contributed by atoms with Gasteiger partial charge in [0, 0.05) is 0 Å². The number of methoxy groups -OCH3 is 1. The fraction of sp³-hybridized carbons (Fsp3) is 0.462. The van der Waals surface area contributed by atoms with Gasteiger partial charge in [0.25, 0.3) is 0 Å². The van der Waals surface area contributed by atoms with Crippen LogP contribution < -0.4 is 9.47 Å². The zero-order valence-corrected chi connectivity index (χ0v) is 10.1. The molecular weight excluding hydrogens is 220 g/mol. The van der Waals surface area contributed by atoms with Crippen LogP contribution in [0.15, 0.2) is 18.2 Å². The summed E-state index contributed by atoms with van der Waals surface area (Å²) < 4.78 is 15.3. The highest BCUT2D eigenvalue weighted by atomic mass is 16.7. The second kappa shape index (κ2) is 5.08. The Kier molecular flexibility index (Phi) is 3.52. The summed E-state index contributed by atoms with van der Waals surface area (Å²) in [5, 5.41) is 0. The van der Waals surface area contributed by atoms with Gasteiger partial charge in [-0.05, 0) is 30.5 Å². The zero-order chi connectivity index (χ0) is 12.3. The number of fused-ring (bicyclic) bond motifs is 1. The van der Waals surface area contributed by atoms with E-state index in [0.717, 1.165) is 23.5 Å². The predicted molar refractivity (Wildman–Crippen MR) is 62.1 cm³/mol. The van der Waals surface area contributed by atoms with Gasteiger partial charge in [-0.1, -0.05) is 13.0 Å². The topological polar surface area (TPSA) is 44.8 Å². The number of esters is 1. The molecule has 0 aromatic heterocycles. The van der Waals surface area contributed by atoms with Crippen LogP contribution in [0, 0.1) is 5.92 Å². The smallest absolute Gasteiger partial charge is 0.308 e. The lowest BCUT2D eigenvalue weighted by Gasteiger charge is -2.12. The average Bonchev–Trinajstić information content (AvgIpc) is 2.82. The van der Waals surface area contributed by atoms with Crippen molar-refractivity contribution in [2.75, 3.05) is 13.9 Å². The lowest BCUT2D eigenvalue weighted by Crippen LogP contribution is -2.17. The van der Waals surface area contributed by atoms with E-state index >= 15 is 0 Å². The van der Waals surface area contributed by atoms with E-state index in [2.05, 4.69) is 0 Å². The van der Waals surface area contributed by atoms with Crippen molar-refractivity contribution in [2.24, 2.45) is 5.92 Å². The molecule has 0 saturated heterocycles. The molecule has 1 aromatic carbocycles. The molecule has 4 heteroatoms. The van der Waals surface area contributed by atoms with Crippen LogP contribution in [0.2, 0.25) is 0 Å². The van der Waals surface area contributed by atoms with E-state index < -0.39 is 0 Å². The van der Waals surface area contributed by atoms with Crippen LogP contribution in [-0.2, 0) is 16.0 Å². The Bertz CT molecular complexity index is 414. The monoisotopic (exact) mass is 236 g/mol. The third-order valence-electron chi connectivity index (χ3n) is 2.95. The summed E-state index contributed by atoms with van der Waals surface area (Å²) in [6, 6.07) is 5.76. The highest BCUT2D eigenvalue weighted by Gasteiger charge is 2.19. The van der Waals surface area contributed by atoms with E-state index in [1.807, 2.05) is 25.1 Å². The number of benzene rings is 1. The van der Waals surface area contributed by atoms with Gasteiger partial charge >= 0.3 is 5.97 Å². The minimum Gasteiger partial charge on any atom is -0.469 e. The minimum atomic E-state index is -0.162. The minimum absolute atomic E-state index is 0.0969. The maximum absolute atomic E-state index is 11.5. The van der Waals surface area contributed by atoms with Crippen molar-refractivity contribution in [1.82, 2.24) is 0 Å². The molecule has 0 spiro atoms. The van der Waals surface area contributed by atoms with Gasteiger partial charge in [0.15, 0.2) is 11.5 Å². The van der Waals surface area contributed by atoms with Crippen LogP contribution >= 0.6 is 0 Å². The summed E-state index contributed by atoms with van der Waals surface area (Å²) in [4.78, 5) is 11.5. The number of carbonyl (C=O) groups is 1. The van der Waals surface area contributed by atoms with Crippen molar-refractivity contribution >= 4 is 5.97 Å². The lowest BCUT2D eigenvalue weighted by atomic mass is 9.97. The standard InChI is InChI=1S/C13H16O4/c1-3-10(13(14)15-2)6-9-4-5-11-12(7-9)17-8-16-11/h4-5,7,10H,3,6,8H2,1-2H3. The zero-order valence-electron chi connectivity index (χ0n) is 10.1. The van der Waals surface area contributed by atoms with Gasteiger partial charge in [0.1, 0.15) is 0 Å². The molecule has 1 unspecified atom stereocenters. The van der Waals surface area contributed by atoms with Crippen LogP contribution in [0.4, 0.5) is 0 Å². The van der Waals surface area contributed by atoms with E-state index in [0.29, 0.717) is 6.42 Å². The third-order valence-corrected chi connectivity index (χ3v) is 2.95. The van der Waals surface area contributed by atoms with Crippen molar-refractivity contribution in [3.05, 3.63) is 23.8 Å². The van der Waals surface area contributed by atoms with Gasteiger partial charge < -0.3 is 14.2 Å². The molecule has 0 saturated carbocycles. The molecule has 0 radical (unpaired) electrons. The summed E-state index contributed by atoms with van der Waals surface area (Å²) in [7, 11) is 1.42. The molecule has 2 rings (SSSR count). The molecule has 0 amide bonds. The number of rotatable bonds is 4. The number of carbonyl (C=O) groups excluding carboxylic acids is 1. The van der Waals surface area contributed by atoms with Crippen LogP contribution in [-0.4, -0.2) is 19.9 Å². The molecule has 4 nitrogen and oxygen atoms in total. The maximum atomic E-state index is 11.5. The molecule has 0 N–H and O–H groups in total. The van der Waals surface area contributed by atoms with E-state index in [1.54, 1.807) is 0 Å². The molecule has 1 aliphatic rings. The second-order valence-corrected chi connectivity index (χ2v) is 4.02. The van der Waals surface area contributed by atoms with Crippen molar-refractivity contribution in [3.63, 3.8) is 0 Å². The quantitative estimate of drug-likeness (QED) is 0.751. The molecular formula is C13H16O4. The first-order valence-electron chi connectivity index (χ1n) is 5.71. The fourth-order valence-corrected chi connectivity index (χ4v) is 1.91. The van der Waals surface area contributed by atoms with Gasteiger partial charge in [-0.2, -0.15) is 0 Å². The Morgan fingerprint density at radius 2 is 2.18 bits per heavy atom. The van der Waals surface area contributed by atoms with Crippen LogP contribution in [0.5, 0.6) is 11.5 Å². The molecule has 0 aliphatic carbocycles. The van der Waals surface area contributed by atoms with Gasteiger partial charge in [-0.15, -0.1) is 0 Å². The Labute approximate surface area is 100 Å². The Balaban J connectivity index is 2.10. The Hall–Kier alpha value is -1.71. The molecule has 1 heterocycles. The van der Waals surface area contributed by atoms with Crippen molar-refractivity contribution in [1.29, 1.82) is 0 Å². The first-order valence-corrected chi connectivity index (χ1v) is 5.71. The van der Waals surface area contributed by atoms with Crippen LogP contribution in [0.1, 0.15) is 18.9 Å². The first kappa shape index (κ1) is 11.8. The Morgan fingerprint density at radius 3 is 2.88 bits per heavy atom. The van der Waals surface area contributed by atoms with E-state index in [9.17, 15) is 4.79 Å². The van der Waals surface area contributed by atoms with Crippen LogP contribution in [0.3, 0.4) is 0 Å². The van der Waals surface area contributed by atoms with Crippen molar-refractivity contribution in [3.8, 4) is 11.5 Å². The van der Waals surface area contributed by atoms with E-state index in [1.165, 1.54) is 7.11 Å². The molecule has 92 valence electrons.